The highest BCUT2D eigenvalue weighted by Gasteiger charge is 2.16. The van der Waals surface area contributed by atoms with Crippen molar-refractivity contribution in [2.45, 2.75) is 12.5 Å². The standard InChI is InChI=1S/C11H10FN3O2/c12-8-3-1-7(2-4-8)5-10(16)15-9(6-13)11(14)17/h1-4,9H,5H2,(H2,14,17)(H,15,16)/t9-/m1/s1. The molecule has 1 aromatic carbocycles. The lowest BCUT2D eigenvalue weighted by molar-refractivity contribution is -0.125. The van der Waals surface area contributed by atoms with Crippen molar-refractivity contribution in [2.24, 2.45) is 5.73 Å². The highest BCUT2D eigenvalue weighted by atomic mass is 19.1. The maximum atomic E-state index is 12.6. The molecule has 0 aliphatic carbocycles. The Labute approximate surface area is 97.0 Å². The molecule has 88 valence electrons. The third-order valence-electron chi connectivity index (χ3n) is 2.00. The summed E-state index contributed by atoms with van der Waals surface area (Å²) < 4.78 is 12.6. The van der Waals surface area contributed by atoms with Gasteiger partial charge in [-0.2, -0.15) is 5.26 Å². The molecular formula is C11H10FN3O2. The molecule has 1 rings (SSSR count). The Morgan fingerprint density at radius 2 is 2.00 bits per heavy atom. The molecule has 1 atom stereocenters. The molecule has 0 saturated heterocycles. The summed E-state index contributed by atoms with van der Waals surface area (Å²) in [5.41, 5.74) is 5.46. The zero-order valence-electron chi connectivity index (χ0n) is 8.81. The Balaban J connectivity index is 2.58. The van der Waals surface area contributed by atoms with E-state index in [9.17, 15) is 14.0 Å². The number of rotatable bonds is 4. The van der Waals surface area contributed by atoms with Crippen LogP contribution in [-0.4, -0.2) is 17.9 Å². The molecule has 0 aromatic heterocycles. The number of amides is 2. The van der Waals surface area contributed by atoms with Gasteiger partial charge in [-0.3, -0.25) is 9.59 Å². The summed E-state index contributed by atoms with van der Waals surface area (Å²) in [5, 5.41) is 10.7. The third kappa shape index (κ3) is 3.91. The van der Waals surface area contributed by atoms with Crippen LogP contribution in [-0.2, 0) is 16.0 Å². The zero-order valence-corrected chi connectivity index (χ0v) is 8.81. The average molecular weight is 235 g/mol. The van der Waals surface area contributed by atoms with Crippen molar-refractivity contribution in [3.05, 3.63) is 35.6 Å². The maximum Gasteiger partial charge on any atom is 0.254 e. The summed E-state index contributed by atoms with van der Waals surface area (Å²) in [5.74, 6) is -1.84. The van der Waals surface area contributed by atoms with E-state index in [1.165, 1.54) is 24.3 Å². The second-order valence-corrected chi connectivity index (χ2v) is 3.34. The number of carbonyl (C=O) groups excluding carboxylic acids is 2. The molecule has 0 heterocycles. The van der Waals surface area contributed by atoms with E-state index >= 15 is 0 Å². The first kappa shape index (κ1) is 12.6. The molecule has 6 heteroatoms. The molecular weight excluding hydrogens is 225 g/mol. The molecule has 0 unspecified atom stereocenters. The molecule has 17 heavy (non-hydrogen) atoms. The van der Waals surface area contributed by atoms with Gasteiger partial charge in [0, 0.05) is 0 Å². The highest BCUT2D eigenvalue weighted by Crippen LogP contribution is 2.03. The van der Waals surface area contributed by atoms with Gasteiger partial charge in [0.05, 0.1) is 12.5 Å². The summed E-state index contributed by atoms with van der Waals surface area (Å²) >= 11 is 0. The van der Waals surface area contributed by atoms with E-state index in [1.807, 2.05) is 0 Å². The van der Waals surface area contributed by atoms with Crippen LogP contribution < -0.4 is 11.1 Å². The lowest BCUT2D eigenvalue weighted by Crippen LogP contribution is -2.43. The minimum atomic E-state index is -1.34. The lowest BCUT2D eigenvalue weighted by atomic mass is 10.1. The van der Waals surface area contributed by atoms with Crippen molar-refractivity contribution in [3.8, 4) is 6.07 Å². The van der Waals surface area contributed by atoms with Crippen LogP contribution >= 0.6 is 0 Å². The first-order valence-corrected chi connectivity index (χ1v) is 4.75. The predicted molar refractivity (Wildman–Crippen MR) is 56.8 cm³/mol. The molecule has 0 aliphatic heterocycles. The van der Waals surface area contributed by atoms with Crippen molar-refractivity contribution >= 4 is 11.8 Å². The quantitative estimate of drug-likeness (QED) is 0.760. The number of nitrogens with two attached hydrogens (primary N) is 1. The summed E-state index contributed by atoms with van der Waals surface area (Å²) in [6.07, 6.45) is -0.0499. The number of nitriles is 1. The van der Waals surface area contributed by atoms with Gasteiger partial charge in [0.1, 0.15) is 5.82 Å². The molecule has 5 nitrogen and oxygen atoms in total. The van der Waals surface area contributed by atoms with E-state index < -0.39 is 23.7 Å². The number of benzene rings is 1. The van der Waals surface area contributed by atoms with Gasteiger partial charge in [0.15, 0.2) is 6.04 Å². The zero-order chi connectivity index (χ0) is 12.8. The van der Waals surface area contributed by atoms with Crippen LogP contribution in [0.15, 0.2) is 24.3 Å². The van der Waals surface area contributed by atoms with Gasteiger partial charge in [-0.1, -0.05) is 12.1 Å². The van der Waals surface area contributed by atoms with Crippen molar-refractivity contribution in [2.75, 3.05) is 0 Å². The van der Waals surface area contributed by atoms with E-state index in [-0.39, 0.29) is 6.42 Å². The monoisotopic (exact) mass is 235 g/mol. The molecule has 0 aliphatic rings. The normalized spacial score (nSPS) is 11.3. The molecule has 3 N–H and O–H groups in total. The number of nitrogens with zero attached hydrogens (tertiary/aromatic N) is 1. The Bertz CT molecular complexity index is 465. The maximum absolute atomic E-state index is 12.6. The average Bonchev–Trinajstić information content (AvgIpc) is 2.28. The van der Waals surface area contributed by atoms with Crippen molar-refractivity contribution in [1.29, 1.82) is 5.26 Å². The minimum absolute atomic E-state index is 0.0499. The van der Waals surface area contributed by atoms with Gasteiger partial charge >= 0.3 is 0 Å². The number of nitrogens with one attached hydrogen (secondary N) is 1. The smallest absolute Gasteiger partial charge is 0.254 e. The molecule has 0 radical (unpaired) electrons. The fraction of sp³-hybridized carbons (Fsp3) is 0.182. The summed E-state index contributed by atoms with van der Waals surface area (Å²) in [6.45, 7) is 0. The first-order valence-electron chi connectivity index (χ1n) is 4.75. The van der Waals surface area contributed by atoms with Gasteiger partial charge in [-0.25, -0.2) is 4.39 Å². The number of hydrogen-bond acceptors (Lipinski definition) is 3. The number of hydrogen-bond donors (Lipinski definition) is 2. The number of halogens is 1. The van der Waals surface area contributed by atoms with E-state index in [0.717, 1.165) is 0 Å². The Hall–Kier alpha value is -2.42. The SMILES string of the molecule is N#C[C@@H](NC(=O)Cc1ccc(F)cc1)C(N)=O. The van der Waals surface area contributed by atoms with Crippen LogP contribution in [0.5, 0.6) is 0 Å². The van der Waals surface area contributed by atoms with Crippen LogP contribution in [0.3, 0.4) is 0 Å². The summed E-state index contributed by atoms with van der Waals surface area (Å²) in [6, 6.07) is 5.55. The second-order valence-electron chi connectivity index (χ2n) is 3.34. The van der Waals surface area contributed by atoms with Gasteiger partial charge in [0.2, 0.25) is 5.91 Å². The van der Waals surface area contributed by atoms with E-state index in [1.54, 1.807) is 6.07 Å². The van der Waals surface area contributed by atoms with Gasteiger partial charge in [-0.15, -0.1) is 0 Å². The van der Waals surface area contributed by atoms with Crippen molar-refractivity contribution in [3.63, 3.8) is 0 Å². The van der Waals surface area contributed by atoms with Crippen LogP contribution in [0.2, 0.25) is 0 Å². The van der Waals surface area contributed by atoms with E-state index in [2.05, 4.69) is 5.32 Å². The van der Waals surface area contributed by atoms with Crippen LogP contribution in [0.25, 0.3) is 0 Å². The molecule has 1 aromatic rings. The fourth-order valence-corrected chi connectivity index (χ4v) is 1.17. The van der Waals surface area contributed by atoms with Gasteiger partial charge in [0.25, 0.3) is 5.91 Å². The predicted octanol–water partition coefficient (Wildman–Crippen LogP) is -0.138. The van der Waals surface area contributed by atoms with Crippen LogP contribution in [0, 0.1) is 17.1 Å². The molecule has 0 bridgehead atoms. The van der Waals surface area contributed by atoms with Crippen molar-refractivity contribution in [1.82, 2.24) is 5.32 Å². The molecule has 0 saturated carbocycles. The number of carbonyl (C=O) groups is 2. The van der Waals surface area contributed by atoms with Crippen LogP contribution in [0.4, 0.5) is 4.39 Å². The fourth-order valence-electron chi connectivity index (χ4n) is 1.17. The summed E-state index contributed by atoms with van der Waals surface area (Å²) in [7, 11) is 0. The third-order valence-corrected chi connectivity index (χ3v) is 2.00. The molecule has 2 amide bonds. The van der Waals surface area contributed by atoms with Crippen LogP contribution in [0.1, 0.15) is 5.56 Å². The van der Waals surface area contributed by atoms with E-state index in [4.69, 9.17) is 11.0 Å². The second kappa shape index (κ2) is 5.61. The Morgan fingerprint density at radius 3 is 2.47 bits per heavy atom. The first-order chi connectivity index (χ1) is 8.02. The lowest BCUT2D eigenvalue weighted by Gasteiger charge is -2.07. The van der Waals surface area contributed by atoms with Crippen molar-refractivity contribution < 1.29 is 14.0 Å². The molecule has 0 spiro atoms. The Morgan fingerprint density at radius 1 is 1.41 bits per heavy atom. The van der Waals surface area contributed by atoms with E-state index in [0.29, 0.717) is 5.56 Å². The largest absolute Gasteiger partial charge is 0.367 e. The Kier molecular flexibility index (Phi) is 4.17. The topological polar surface area (TPSA) is 96.0 Å². The number of primary amides is 1. The highest BCUT2D eigenvalue weighted by molar-refractivity contribution is 5.89. The van der Waals surface area contributed by atoms with Gasteiger partial charge < -0.3 is 11.1 Å². The minimum Gasteiger partial charge on any atom is -0.367 e. The molecule has 0 fully saturated rings. The summed E-state index contributed by atoms with van der Waals surface area (Å²) in [4.78, 5) is 22.1. The van der Waals surface area contributed by atoms with Gasteiger partial charge in [-0.05, 0) is 17.7 Å².